The van der Waals surface area contributed by atoms with Crippen LogP contribution in [0.25, 0.3) is 10.2 Å². The van der Waals surface area contributed by atoms with Crippen molar-refractivity contribution in [2.24, 2.45) is 0 Å². The summed E-state index contributed by atoms with van der Waals surface area (Å²) in [4.78, 5) is 30.2. The quantitative estimate of drug-likeness (QED) is 0.656. The lowest BCUT2D eigenvalue weighted by Crippen LogP contribution is -2.31. The Bertz CT molecular complexity index is 1100. The first-order valence-electron chi connectivity index (χ1n) is 9.30. The number of aryl methyl sites for hydroxylation is 1. The smallest absolute Gasteiger partial charge is 0.265 e. The number of aromatic nitrogens is 2. The third-order valence-corrected chi connectivity index (χ3v) is 6.85. The molecule has 6 nitrogen and oxygen atoms in total. The van der Waals surface area contributed by atoms with E-state index in [0.717, 1.165) is 34.3 Å². The van der Waals surface area contributed by atoms with Gasteiger partial charge in [-0.2, -0.15) is 5.10 Å². The number of rotatable bonds is 4. The van der Waals surface area contributed by atoms with Crippen LogP contribution in [0.1, 0.15) is 33.8 Å². The highest BCUT2D eigenvalue weighted by Gasteiger charge is 2.40. The van der Waals surface area contributed by atoms with E-state index in [4.69, 9.17) is 11.6 Å². The maximum atomic E-state index is 13.0. The van der Waals surface area contributed by atoms with Crippen LogP contribution in [0.4, 0.5) is 0 Å². The standard InChI is InChI=1S/C20H19ClN4O2S/c1-12-15-8-17(19(27)23-10-18(26)24(11-23)14-6-7-14)28-20(15)25(22-12)9-13-4-2-3-5-16(13)21/h2-5,8,14H,6-7,9-11H2,1H3. The first kappa shape index (κ1) is 17.7. The van der Waals surface area contributed by atoms with E-state index in [2.05, 4.69) is 5.10 Å². The first-order chi connectivity index (χ1) is 13.5. The summed E-state index contributed by atoms with van der Waals surface area (Å²) in [6.45, 7) is 3.08. The molecule has 5 rings (SSSR count). The average Bonchev–Trinajstić information content (AvgIpc) is 3.18. The van der Waals surface area contributed by atoms with Gasteiger partial charge in [0, 0.05) is 16.5 Å². The van der Waals surface area contributed by atoms with Gasteiger partial charge in [0.1, 0.15) is 11.4 Å². The third-order valence-electron chi connectivity index (χ3n) is 5.34. The van der Waals surface area contributed by atoms with Crippen LogP contribution in [0.15, 0.2) is 30.3 Å². The van der Waals surface area contributed by atoms with Crippen LogP contribution in [-0.2, 0) is 11.3 Å². The molecule has 0 spiro atoms. The van der Waals surface area contributed by atoms with E-state index in [9.17, 15) is 9.59 Å². The summed E-state index contributed by atoms with van der Waals surface area (Å²) in [5.41, 5.74) is 1.87. The largest absolute Gasteiger partial charge is 0.320 e. The Morgan fingerprint density at radius 2 is 2.11 bits per heavy atom. The minimum Gasteiger partial charge on any atom is -0.320 e. The van der Waals surface area contributed by atoms with Gasteiger partial charge >= 0.3 is 0 Å². The average molecular weight is 415 g/mol. The lowest BCUT2D eigenvalue weighted by molar-refractivity contribution is -0.127. The van der Waals surface area contributed by atoms with Crippen LogP contribution in [0.2, 0.25) is 5.02 Å². The zero-order valence-corrected chi connectivity index (χ0v) is 17.0. The minimum absolute atomic E-state index is 0.0537. The predicted octanol–water partition coefficient (Wildman–Crippen LogP) is 3.51. The van der Waals surface area contributed by atoms with Crippen molar-refractivity contribution in [3.05, 3.63) is 51.5 Å². The Kier molecular flexibility index (Phi) is 4.17. The molecular weight excluding hydrogens is 396 g/mol. The van der Waals surface area contributed by atoms with Crippen LogP contribution < -0.4 is 0 Å². The molecule has 2 aliphatic rings. The van der Waals surface area contributed by atoms with E-state index < -0.39 is 0 Å². The fourth-order valence-electron chi connectivity index (χ4n) is 3.68. The summed E-state index contributed by atoms with van der Waals surface area (Å²) in [6.07, 6.45) is 2.10. The molecule has 0 atom stereocenters. The van der Waals surface area contributed by atoms with Crippen LogP contribution in [0, 0.1) is 6.92 Å². The molecule has 8 heteroatoms. The Hall–Kier alpha value is -2.38. The SMILES string of the molecule is Cc1nn(Cc2ccccc2Cl)c2sc(C(=O)N3CC(=O)N(C4CC4)C3)cc12. The fraction of sp³-hybridized carbons (Fsp3) is 0.350. The molecule has 0 N–H and O–H groups in total. The van der Waals surface area contributed by atoms with Crippen molar-refractivity contribution >= 4 is 45.0 Å². The van der Waals surface area contributed by atoms with Crippen molar-refractivity contribution in [1.29, 1.82) is 0 Å². The number of hydrogen-bond donors (Lipinski definition) is 0. The number of thiophene rings is 1. The summed E-state index contributed by atoms with van der Waals surface area (Å²) in [6, 6.07) is 9.93. The number of benzene rings is 1. The van der Waals surface area contributed by atoms with E-state index in [1.165, 1.54) is 11.3 Å². The van der Waals surface area contributed by atoms with Crippen LogP contribution in [0.3, 0.4) is 0 Å². The van der Waals surface area contributed by atoms with Crippen molar-refractivity contribution in [2.45, 2.75) is 32.4 Å². The van der Waals surface area contributed by atoms with E-state index in [1.807, 2.05) is 46.8 Å². The second-order valence-corrected chi connectivity index (χ2v) is 8.84. The molecule has 3 aromatic rings. The van der Waals surface area contributed by atoms with Crippen LogP contribution >= 0.6 is 22.9 Å². The fourth-order valence-corrected chi connectivity index (χ4v) is 5.00. The van der Waals surface area contributed by atoms with Crippen molar-refractivity contribution in [2.75, 3.05) is 13.2 Å². The number of halogens is 1. The molecule has 2 fully saturated rings. The van der Waals surface area contributed by atoms with Crippen molar-refractivity contribution in [3.63, 3.8) is 0 Å². The molecule has 0 radical (unpaired) electrons. The van der Waals surface area contributed by atoms with E-state index in [0.29, 0.717) is 29.2 Å². The van der Waals surface area contributed by atoms with Crippen molar-refractivity contribution in [1.82, 2.24) is 19.6 Å². The molecule has 0 unspecified atom stereocenters. The van der Waals surface area contributed by atoms with Gasteiger partial charge in [0.25, 0.3) is 5.91 Å². The normalized spacial score (nSPS) is 17.1. The first-order valence-corrected chi connectivity index (χ1v) is 10.5. The molecule has 1 aliphatic heterocycles. The van der Waals surface area contributed by atoms with E-state index in [1.54, 1.807) is 4.90 Å². The molecule has 2 aromatic heterocycles. The van der Waals surface area contributed by atoms with E-state index >= 15 is 0 Å². The minimum atomic E-state index is -0.0820. The lowest BCUT2D eigenvalue weighted by Gasteiger charge is -2.16. The second kappa shape index (κ2) is 6.60. The molecule has 144 valence electrons. The zero-order valence-electron chi connectivity index (χ0n) is 15.4. The number of nitrogens with zero attached hydrogens (tertiary/aromatic N) is 4. The molecule has 1 saturated heterocycles. The van der Waals surface area contributed by atoms with Gasteiger partial charge in [-0.1, -0.05) is 29.8 Å². The number of carbonyl (C=O) groups excluding carboxylic acids is 2. The summed E-state index contributed by atoms with van der Waals surface area (Å²) < 4.78 is 1.90. The highest BCUT2D eigenvalue weighted by molar-refractivity contribution is 7.20. The zero-order chi connectivity index (χ0) is 19.4. The van der Waals surface area contributed by atoms with Crippen molar-refractivity contribution < 1.29 is 9.59 Å². The number of carbonyl (C=O) groups is 2. The molecule has 0 bridgehead atoms. The Balaban J connectivity index is 1.43. The third kappa shape index (κ3) is 2.99. The van der Waals surface area contributed by atoms with E-state index in [-0.39, 0.29) is 18.4 Å². The summed E-state index contributed by atoms with van der Waals surface area (Å²) >= 11 is 7.72. The van der Waals surface area contributed by atoms with Gasteiger partial charge < -0.3 is 9.80 Å². The predicted molar refractivity (Wildman–Crippen MR) is 109 cm³/mol. The Morgan fingerprint density at radius 3 is 2.86 bits per heavy atom. The van der Waals surface area contributed by atoms with Gasteiger partial charge in [-0.25, -0.2) is 0 Å². The molecule has 1 saturated carbocycles. The Morgan fingerprint density at radius 1 is 1.32 bits per heavy atom. The lowest BCUT2D eigenvalue weighted by atomic mass is 10.2. The number of fused-ring (bicyclic) bond motifs is 1. The van der Waals surface area contributed by atoms with Gasteiger partial charge in [-0.05, 0) is 37.5 Å². The van der Waals surface area contributed by atoms with Gasteiger partial charge in [0.05, 0.1) is 23.8 Å². The number of amides is 2. The van der Waals surface area contributed by atoms with Crippen molar-refractivity contribution in [3.8, 4) is 0 Å². The Labute approximate surface area is 171 Å². The van der Waals surface area contributed by atoms with Gasteiger partial charge in [-0.15, -0.1) is 11.3 Å². The van der Waals surface area contributed by atoms with Crippen LogP contribution in [-0.4, -0.2) is 50.6 Å². The monoisotopic (exact) mass is 414 g/mol. The highest BCUT2D eigenvalue weighted by atomic mass is 35.5. The number of hydrogen-bond acceptors (Lipinski definition) is 4. The summed E-state index contributed by atoms with van der Waals surface area (Å²) in [7, 11) is 0. The van der Waals surface area contributed by atoms with Gasteiger partial charge in [0.2, 0.25) is 5.91 Å². The molecule has 28 heavy (non-hydrogen) atoms. The molecule has 1 aliphatic carbocycles. The van der Waals surface area contributed by atoms with Gasteiger partial charge in [0.15, 0.2) is 0 Å². The highest BCUT2D eigenvalue weighted by Crippen LogP contribution is 2.33. The molecule has 2 amide bonds. The molecular formula is C20H19ClN4O2S. The second-order valence-electron chi connectivity index (χ2n) is 7.40. The maximum absolute atomic E-state index is 13.0. The van der Waals surface area contributed by atoms with Crippen LogP contribution in [0.5, 0.6) is 0 Å². The van der Waals surface area contributed by atoms with Gasteiger partial charge in [-0.3, -0.25) is 14.3 Å². The summed E-state index contributed by atoms with van der Waals surface area (Å²) in [5, 5.41) is 6.30. The summed E-state index contributed by atoms with van der Waals surface area (Å²) in [5.74, 6) is -0.0283. The molecule has 1 aromatic carbocycles. The maximum Gasteiger partial charge on any atom is 0.265 e. The topological polar surface area (TPSA) is 58.4 Å². The molecule has 3 heterocycles.